The fourth-order valence-electron chi connectivity index (χ4n) is 0.805. The monoisotopic (exact) mass is 173 g/mol. The first-order valence-corrected chi connectivity index (χ1v) is 3.58. The Morgan fingerprint density at radius 2 is 2.33 bits per heavy atom. The zero-order chi connectivity index (χ0) is 9.56. The number of aliphatic hydroxyl groups excluding tert-OH is 1. The number of aliphatic carboxylic acids is 1. The molecule has 0 radical (unpaired) electrons. The van der Waals surface area contributed by atoms with Crippen LogP contribution in [0.5, 0.6) is 0 Å². The maximum absolute atomic E-state index is 10.3. The summed E-state index contributed by atoms with van der Waals surface area (Å²) >= 11 is 0. The number of rotatable bonds is 5. The molecule has 0 aromatic heterocycles. The Balaban J connectivity index is 4.27. The zero-order valence-electron chi connectivity index (χ0n) is 6.71. The van der Waals surface area contributed by atoms with Gasteiger partial charge in [-0.2, -0.15) is 0 Å². The summed E-state index contributed by atoms with van der Waals surface area (Å²) in [5.41, 5.74) is 8.05. The van der Waals surface area contributed by atoms with Crippen molar-refractivity contribution < 1.29 is 15.0 Å². The number of hydrogen-bond acceptors (Lipinski definition) is 3. The normalized spacial score (nSPS) is 14.5. The number of carboxylic acid groups (broad SMARTS) is 1. The van der Waals surface area contributed by atoms with Crippen LogP contribution in [0.2, 0.25) is 0 Å². The third-order valence-corrected chi connectivity index (χ3v) is 1.40. The van der Waals surface area contributed by atoms with Crippen LogP contribution in [0.3, 0.4) is 0 Å². The Hall–Kier alpha value is -1.26. The second-order valence-electron chi connectivity index (χ2n) is 2.34. The van der Waals surface area contributed by atoms with Gasteiger partial charge in [0.1, 0.15) is 0 Å². The van der Waals surface area contributed by atoms with Crippen LogP contribution in [-0.2, 0) is 4.79 Å². The molecule has 6 heteroatoms. The van der Waals surface area contributed by atoms with E-state index in [0.29, 0.717) is 12.8 Å². The van der Waals surface area contributed by atoms with Gasteiger partial charge in [0.25, 0.3) is 0 Å². The molecule has 0 amide bonds. The molecule has 0 spiro atoms. The maximum Gasteiger partial charge on any atom is 0.332 e. The molecule has 0 saturated heterocycles. The standard InChI is InChI=1S/C6H11N3O3/c1-2-3-4(8-9-7)5(10)6(11)12/h4-5,10H,2-3H2,1H3,(H,11,12)/t4-,5-/m0/s1. The van der Waals surface area contributed by atoms with Crippen LogP contribution in [0.25, 0.3) is 10.4 Å². The topological polar surface area (TPSA) is 106 Å². The third kappa shape index (κ3) is 3.23. The van der Waals surface area contributed by atoms with Crippen LogP contribution in [0.1, 0.15) is 19.8 Å². The molecule has 6 nitrogen and oxygen atoms in total. The number of nitrogens with zero attached hydrogens (tertiary/aromatic N) is 3. The Kier molecular flexibility index (Phi) is 4.83. The van der Waals surface area contributed by atoms with Crippen molar-refractivity contribution in [3.63, 3.8) is 0 Å². The van der Waals surface area contributed by atoms with E-state index in [0.717, 1.165) is 0 Å². The van der Waals surface area contributed by atoms with Gasteiger partial charge < -0.3 is 10.2 Å². The van der Waals surface area contributed by atoms with E-state index in [-0.39, 0.29) is 0 Å². The highest BCUT2D eigenvalue weighted by Gasteiger charge is 2.23. The predicted octanol–water partition coefficient (Wildman–Crippen LogP) is 0.911. The van der Waals surface area contributed by atoms with E-state index in [1.807, 2.05) is 6.92 Å². The van der Waals surface area contributed by atoms with Crippen molar-refractivity contribution in [2.24, 2.45) is 5.11 Å². The van der Waals surface area contributed by atoms with Gasteiger partial charge in [0.2, 0.25) is 0 Å². The second-order valence-corrected chi connectivity index (χ2v) is 2.34. The van der Waals surface area contributed by atoms with Crippen LogP contribution in [0.4, 0.5) is 0 Å². The molecule has 0 bridgehead atoms. The van der Waals surface area contributed by atoms with Crippen molar-refractivity contribution in [3.05, 3.63) is 10.4 Å². The van der Waals surface area contributed by atoms with E-state index in [9.17, 15) is 4.79 Å². The first kappa shape index (κ1) is 10.7. The smallest absolute Gasteiger partial charge is 0.332 e. The average Bonchev–Trinajstić information content (AvgIpc) is 2.03. The molecule has 0 rings (SSSR count). The minimum absolute atomic E-state index is 0.373. The molecule has 0 aliphatic carbocycles. The average molecular weight is 173 g/mol. The molecule has 68 valence electrons. The molecule has 2 atom stereocenters. The van der Waals surface area contributed by atoms with Crippen molar-refractivity contribution >= 4 is 5.97 Å². The molecule has 0 heterocycles. The van der Waals surface area contributed by atoms with Crippen molar-refractivity contribution in [3.8, 4) is 0 Å². The Morgan fingerprint density at radius 3 is 2.67 bits per heavy atom. The van der Waals surface area contributed by atoms with Crippen LogP contribution >= 0.6 is 0 Å². The highest BCUT2D eigenvalue weighted by atomic mass is 16.4. The Bertz CT molecular complexity index is 200. The zero-order valence-corrected chi connectivity index (χ0v) is 6.71. The lowest BCUT2D eigenvalue weighted by Crippen LogP contribution is -2.31. The van der Waals surface area contributed by atoms with Gasteiger partial charge in [0.15, 0.2) is 6.10 Å². The maximum atomic E-state index is 10.3. The quantitative estimate of drug-likeness (QED) is 0.366. The summed E-state index contributed by atoms with van der Waals surface area (Å²) in [5, 5.41) is 20.5. The van der Waals surface area contributed by atoms with E-state index in [4.69, 9.17) is 15.7 Å². The molecule has 0 unspecified atom stereocenters. The summed E-state index contributed by atoms with van der Waals surface area (Å²) < 4.78 is 0. The van der Waals surface area contributed by atoms with Gasteiger partial charge in [-0.1, -0.05) is 18.5 Å². The molecular formula is C6H11N3O3. The Labute approximate surface area is 69.4 Å². The van der Waals surface area contributed by atoms with E-state index in [2.05, 4.69) is 10.0 Å². The van der Waals surface area contributed by atoms with Crippen molar-refractivity contribution in [1.29, 1.82) is 0 Å². The van der Waals surface area contributed by atoms with Crippen LogP contribution in [-0.4, -0.2) is 28.3 Å². The van der Waals surface area contributed by atoms with E-state index < -0.39 is 18.1 Å². The number of azide groups is 1. The third-order valence-electron chi connectivity index (χ3n) is 1.40. The highest BCUT2D eigenvalue weighted by Crippen LogP contribution is 2.07. The lowest BCUT2D eigenvalue weighted by molar-refractivity contribution is -0.147. The molecule has 0 saturated carbocycles. The minimum atomic E-state index is -1.60. The summed E-state index contributed by atoms with van der Waals surface area (Å²) in [6.45, 7) is 1.81. The molecule has 12 heavy (non-hydrogen) atoms. The lowest BCUT2D eigenvalue weighted by atomic mass is 10.1. The van der Waals surface area contributed by atoms with Crippen molar-refractivity contribution in [2.75, 3.05) is 0 Å². The van der Waals surface area contributed by atoms with Gasteiger partial charge in [-0.05, 0) is 12.0 Å². The van der Waals surface area contributed by atoms with E-state index >= 15 is 0 Å². The number of carboxylic acids is 1. The second kappa shape index (κ2) is 5.40. The van der Waals surface area contributed by atoms with E-state index in [1.165, 1.54) is 0 Å². The molecule has 0 fully saturated rings. The molecule has 0 aromatic rings. The van der Waals surface area contributed by atoms with Gasteiger partial charge in [0, 0.05) is 4.91 Å². The summed E-state index contributed by atoms with van der Waals surface area (Å²) in [5.74, 6) is -1.36. The molecular weight excluding hydrogens is 162 g/mol. The van der Waals surface area contributed by atoms with Gasteiger partial charge in [0.05, 0.1) is 6.04 Å². The molecule has 0 aromatic carbocycles. The summed E-state index contributed by atoms with van der Waals surface area (Å²) in [6.07, 6.45) is -0.563. The van der Waals surface area contributed by atoms with Crippen LogP contribution in [0, 0.1) is 0 Å². The SMILES string of the molecule is CCC[C@H](N=[N+]=[N-])[C@H](O)C(=O)O. The Morgan fingerprint density at radius 1 is 1.75 bits per heavy atom. The molecule has 0 aliphatic heterocycles. The number of aliphatic hydroxyl groups is 1. The molecule has 0 aliphatic rings. The van der Waals surface area contributed by atoms with E-state index in [1.54, 1.807) is 0 Å². The minimum Gasteiger partial charge on any atom is -0.479 e. The highest BCUT2D eigenvalue weighted by molar-refractivity contribution is 5.72. The largest absolute Gasteiger partial charge is 0.479 e. The molecule has 2 N–H and O–H groups in total. The predicted molar refractivity (Wildman–Crippen MR) is 41.5 cm³/mol. The van der Waals surface area contributed by atoms with Gasteiger partial charge >= 0.3 is 5.97 Å². The fraction of sp³-hybridized carbons (Fsp3) is 0.833. The lowest BCUT2D eigenvalue weighted by Gasteiger charge is -2.12. The number of hydrogen-bond donors (Lipinski definition) is 2. The summed E-state index contributed by atoms with van der Waals surface area (Å²) in [6, 6.07) is -0.863. The van der Waals surface area contributed by atoms with Gasteiger partial charge in [-0.15, -0.1) is 0 Å². The number of carbonyl (C=O) groups is 1. The van der Waals surface area contributed by atoms with Gasteiger partial charge in [-0.3, -0.25) is 0 Å². The van der Waals surface area contributed by atoms with Crippen molar-refractivity contribution in [1.82, 2.24) is 0 Å². The van der Waals surface area contributed by atoms with Gasteiger partial charge in [-0.25, -0.2) is 4.79 Å². The first-order valence-electron chi connectivity index (χ1n) is 3.58. The van der Waals surface area contributed by atoms with Crippen molar-refractivity contribution in [2.45, 2.75) is 31.9 Å². The van der Waals surface area contributed by atoms with Crippen LogP contribution < -0.4 is 0 Å². The fourth-order valence-corrected chi connectivity index (χ4v) is 0.805. The summed E-state index contributed by atoms with van der Waals surface area (Å²) in [7, 11) is 0. The summed E-state index contributed by atoms with van der Waals surface area (Å²) in [4.78, 5) is 12.7. The van der Waals surface area contributed by atoms with Crippen LogP contribution in [0.15, 0.2) is 5.11 Å². The first-order chi connectivity index (χ1) is 5.63.